The normalized spacial score (nSPS) is 57.8. The van der Waals surface area contributed by atoms with Gasteiger partial charge in [0.05, 0.1) is 5.92 Å². The Labute approximate surface area is 118 Å². The van der Waals surface area contributed by atoms with Crippen LogP contribution in [-0.2, 0) is 24.0 Å². The summed E-state index contributed by atoms with van der Waals surface area (Å²) < 4.78 is 11.6. The first kappa shape index (κ1) is 13.0. The van der Waals surface area contributed by atoms with Crippen molar-refractivity contribution in [2.75, 3.05) is 0 Å². The van der Waals surface area contributed by atoms with Crippen LogP contribution >= 0.6 is 0 Å². The minimum Gasteiger partial charge on any atom is -0.432 e. The minimum atomic E-state index is -0.793. The maximum atomic E-state index is 12.1. The Morgan fingerprint density at radius 3 is 2.70 bits per heavy atom. The van der Waals surface area contributed by atoms with Crippen LogP contribution in [0.2, 0.25) is 0 Å². The minimum absolute atomic E-state index is 0.123. The van der Waals surface area contributed by atoms with Crippen molar-refractivity contribution in [3.63, 3.8) is 0 Å². The molecule has 112 valence electrons. The predicted molar refractivity (Wildman–Crippen MR) is 68.0 cm³/mol. The molecule has 4 saturated heterocycles. The number of hydrogen-bond donors (Lipinski definition) is 0. The Morgan fingerprint density at radius 1 is 1.10 bits per heavy atom. The van der Waals surface area contributed by atoms with Crippen LogP contribution in [0.3, 0.4) is 0 Å². The zero-order chi connectivity index (χ0) is 14.1. The molecule has 5 rings (SSSR count). The van der Waals surface area contributed by atoms with E-state index in [1.807, 2.05) is 13.8 Å². The van der Waals surface area contributed by atoms with Crippen LogP contribution in [0.4, 0.5) is 0 Å². The summed E-state index contributed by atoms with van der Waals surface area (Å²) in [6.07, 6.45) is 3.24. The topological polar surface area (TPSA) is 54.0 Å². The van der Waals surface area contributed by atoms with E-state index in [4.69, 9.17) is 19.2 Å². The van der Waals surface area contributed by atoms with Crippen molar-refractivity contribution >= 4 is 5.97 Å². The summed E-state index contributed by atoms with van der Waals surface area (Å²) in [5.41, 5.74) is -0.610. The number of fused-ring (bicyclic) bond motifs is 2. The second-order valence-corrected chi connectivity index (χ2v) is 7.14. The van der Waals surface area contributed by atoms with Crippen molar-refractivity contribution in [1.29, 1.82) is 0 Å². The maximum absolute atomic E-state index is 12.1. The summed E-state index contributed by atoms with van der Waals surface area (Å²) >= 11 is 0. The molecule has 1 saturated carbocycles. The van der Waals surface area contributed by atoms with Gasteiger partial charge in [0.1, 0.15) is 0 Å². The fraction of sp³-hybridized carbons (Fsp3) is 0.933. The van der Waals surface area contributed by atoms with E-state index in [0.717, 1.165) is 25.7 Å². The molecular weight excluding hydrogens is 260 g/mol. The second-order valence-electron chi connectivity index (χ2n) is 7.14. The highest BCUT2D eigenvalue weighted by molar-refractivity contribution is 5.74. The largest absolute Gasteiger partial charge is 0.432 e. The molecule has 0 N–H and O–H groups in total. The highest BCUT2D eigenvalue weighted by Crippen LogP contribution is 2.59. The average molecular weight is 282 g/mol. The molecule has 0 aromatic carbocycles. The van der Waals surface area contributed by atoms with Crippen LogP contribution in [0.25, 0.3) is 0 Å². The van der Waals surface area contributed by atoms with Gasteiger partial charge in [-0.25, -0.2) is 9.78 Å². The molecule has 1 spiro atoms. The van der Waals surface area contributed by atoms with Gasteiger partial charge in [-0.2, -0.15) is 0 Å². The smallest absolute Gasteiger partial charge is 0.311 e. The molecule has 6 unspecified atom stereocenters. The van der Waals surface area contributed by atoms with E-state index in [1.54, 1.807) is 0 Å². The summed E-state index contributed by atoms with van der Waals surface area (Å²) in [5.74, 6) is -0.137. The number of rotatable bonds is 0. The number of hydrogen-bond acceptors (Lipinski definition) is 5. The van der Waals surface area contributed by atoms with E-state index in [-0.39, 0.29) is 17.8 Å². The van der Waals surface area contributed by atoms with Crippen LogP contribution in [-0.4, -0.2) is 23.6 Å². The quantitative estimate of drug-likeness (QED) is 0.504. The van der Waals surface area contributed by atoms with Gasteiger partial charge < -0.3 is 9.47 Å². The summed E-state index contributed by atoms with van der Waals surface area (Å²) in [4.78, 5) is 23.7. The van der Waals surface area contributed by atoms with Gasteiger partial charge >= 0.3 is 5.97 Å². The summed E-state index contributed by atoms with van der Waals surface area (Å²) in [7, 11) is 0. The lowest BCUT2D eigenvalue weighted by Crippen LogP contribution is -2.69. The zero-order valence-electron chi connectivity index (χ0n) is 12.3. The first-order valence-corrected chi connectivity index (χ1v) is 7.71. The average Bonchev–Trinajstić information content (AvgIpc) is 2.63. The Bertz CT molecular complexity index is 452. The van der Waals surface area contributed by atoms with Gasteiger partial charge in [0.15, 0.2) is 5.60 Å². The monoisotopic (exact) mass is 282 g/mol. The van der Waals surface area contributed by atoms with E-state index in [0.29, 0.717) is 11.8 Å². The third kappa shape index (κ3) is 1.46. The molecule has 2 bridgehead atoms. The molecular formula is C15H22O5. The lowest BCUT2D eigenvalue weighted by Gasteiger charge is -2.57. The Hall–Kier alpha value is -0.650. The van der Waals surface area contributed by atoms with Gasteiger partial charge in [-0.3, -0.25) is 4.79 Å². The van der Waals surface area contributed by atoms with Gasteiger partial charge in [0.2, 0.25) is 12.1 Å². The first-order valence-electron chi connectivity index (χ1n) is 7.71. The van der Waals surface area contributed by atoms with E-state index < -0.39 is 17.7 Å². The van der Waals surface area contributed by atoms with E-state index >= 15 is 0 Å². The third-order valence-electron chi connectivity index (χ3n) is 5.97. The molecule has 20 heavy (non-hydrogen) atoms. The van der Waals surface area contributed by atoms with Gasteiger partial charge in [-0.1, -0.05) is 13.8 Å². The van der Waals surface area contributed by atoms with Crippen LogP contribution in [0, 0.1) is 23.7 Å². The molecule has 5 nitrogen and oxygen atoms in total. The van der Waals surface area contributed by atoms with Crippen molar-refractivity contribution in [2.24, 2.45) is 23.7 Å². The standard InChI is InChI=1S/C15H22O5/c1-8-4-5-11-9(2)12(16)17-13-15(11)10(8)6-7-14(3,18-13)19-20-15/h8-11,13H,4-7H2,1-3H3/t8-,9?,10?,11?,13?,14?,15?/m0/s1. The molecule has 0 amide bonds. The fourth-order valence-corrected chi connectivity index (χ4v) is 4.76. The molecule has 0 aromatic heterocycles. The molecule has 5 heteroatoms. The van der Waals surface area contributed by atoms with Crippen LogP contribution in [0.1, 0.15) is 46.5 Å². The number of esters is 1. The van der Waals surface area contributed by atoms with Crippen molar-refractivity contribution in [3.05, 3.63) is 0 Å². The van der Waals surface area contributed by atoms with Crippen LogP contribution in [0.15, 0.2) is 0 Å². The molecule has 7 atom stereocenters. The fourth-order valence-electron chi connectivity index (χ4n) is 4.76. The Kier molecular flexibility index (Phi) is 2.58. The summed E-state index contributed by atoms with van der Waals surface area (Å²) in [6.45, 7) is 6.06. The van der Waals surface area contributed by atoms with Crippen LogP contribution < -0.4 is 0 Å². The van der Waals surface area contributed by atoms with E-state index in [1.165, 1.54) is 0 Å². The SMILES string of the molecule is CC1C(=O)OC2OC3(C)CCC4[C@@H](C)CCC1C24OO3. The lowest BCUT2D eigenvalue weighted by molar-refractivity contribution is -0.559. The molecule has 4 heterocycles. The van der Waals surface area contributed by atoms with Gasteiger partial charge in [0.25, 0.3) is 0 Å². The van der Waals surface area contributed by atoms with E-state index in [9.17, 15) is 4.79 Å². The van der Waals surface area contributed by atoms with Gasteiger partial charge in [-0.05, 0) is 32.1 Å². The molecule has 1 aliphatic carbocycles. The Morgan fingerprint density at radius 2 is 1.90 bits per heavy atom. The molecule has 4 aliphatic heterocycles. The first-order chi connectivity index (χ1) is 9.46. The zero-order valence-corrected chi connectivity index (χ0v) is 12.3. The van der Waals surface area contributed by atoms with Crippen molar-refractivity contribution < 1.29 is 24.0 Å². The number of ether oxygens (including phenoxy) is 2. The molecule has 0 aromatic rings. The molecule has 0 radical (unpaired) electrons. The number of carbonyl (C=O) groups excluding carboxylic acids is 1. The predicted octanol–water partition coefficient (Wildman–Crippen LogP) is 2.39. The van der Waals surface area contributed by atoms with E-state index in [2.05, 4.69) is 6.92 Å². The van der Waals surface area contributed by atoms with Gasteiger partial charge in [0, 0.05) is 18.3 Å². The lowest BCUT2D eigenvalue weighted by atomic mass is 9.58. The van der Waals surface area contributed by atoms with Crippen molar-refractivity contribution in [1.82, 2.24) is 0 Å². The highest BCUT2D eigenvalue weighted by atomic mass is 17.3. The second kappa shape index (κ2) is 3.96. The summed E-state index contributed by atoms with van der Waals surface area (Å²) in [6, 6.07) is 0. The van der Waals surface area contributed by atoms with Gasteiger partial charge in [-0.15, -0.1) is 0 Å². The molecule has 5 fully saturated rings. The maximum Gasteiger partial charge on any atom is 0.311 e. The van der Waals surface area contributed by atoms with Crippen LogP contribution in [0.5, 0.6) is 0 Å². The number of carbonyl (C=O) groups is 1. The van der Waals surface area contributed by atoms with Crippen molar-refractivity contribution in [3.8, 4) is 0 Å². The Balaban J connectivity index is 1.84. The van der Waals surface area contributed by atoms with Crippen molar-refractivity contribution in [2.45, 2.75) is 64.1 Å². The highest BCUT2D eigenvalue weighted by Gasteiger charge is 2.69. The summed E-state index contributed by atoms with van der Waals surface area (Å²) in [5, 5.41) is 0. The third-order valence-corrected chi connectivity index (χ3v) is 5.97. The molecule has 5 aliphatic rings.